The third kappa shape index (κ3) is 3.68. The molecule has 0 amide bonds. The Balaban J connectivity index is 2.08. The van der Waals surface area contributed by atoms with Crippen molar-refractivity contribution in [3.63, 3.8) is 0 Å². The zero-order valence-electron chi connectivity index (χ0n) is 12.1. The number of carbonyl (C=O) groups excluding carboxylic acids is 2. The summed E-state index contributed by atoms with van der Waals surface area (Å²) in [5, 5.41) is 3.97. The van der Waals surface area contributed by atoms with E-state index in [2.05, 4.69) is 5.10 Å². The molecule has 0 bridgehead atoms. The van der Waals surface area contributed by atoms with E-state index in [1.54, 1.807) is 6.92 Å². The van der Waals surface area contributed by atoms with Crippen LogP contribution in [0.25, 0.3) is 0 Å². The molecule has 1 saturated heterocycles. The molecule has 0 radical (unpaired) electrons. The van der Waals surface area contributed by atoms with Crippen LogP contribution in [0, 0.1) is 0 Å². The minimum absolute atomic E-state index is 0.0121. The number of esters is 2. The van der Waals surface area contributed by atoms with Crippen molar-refractivity contribution in [2.45, 2.75) is 51.9 Å². The van der Waals surface area contributed by atoms with Crippen LogP contribution in [0.5, 0.6) is 0 Å². The van der Waals surface area contributed by atoms with Gasteiger partial charge in [0.1, 0.15) is 6.10 Å². The maximum absolute atomic E-state index is 12.0. The highest BCUT2D eigenvalue weighted by Gasteiger charge is 2.35. The molecule has 0 aliphatic carbocycles. The summed E-state index contributed by atoms with van der Waals surface area (Å²) in [4.78, 5) is 35.0. The van der Waals surface area contributed by atoms with E-state index in [0.29, 0.717) is 13.0 Å². The van der Waals surface area contributed by atoms with Crippen LogP contribution in [0.1, 0.15) is 43.6 Å². The van der Waals surface area contributed by atoms with Crippen molar-refractivity contribution in [3.8, 4) is 0 Å². The lowest BCUT2D eigenvalue weighted by Gasteiger charge is -2.09. The topological polar surface area (TPSA) is 87.5 Å². The summed E-state index contributed by atoms with van der Waals surface area (Å²) in [5.74, 6) is -1.27. The maximum Gasteiger partial charge on any atom is 0.359 e. The first kappa shape index (κ1) is 15.2. The molecule has 1 fully saturated rings. The summed E-state index contributed by atoms with van der Waals surface area (Å²) in [5.41, 5.74) is -0.257. The van der Waals surface area contributed by atoms with Gasteiger partial charge in [-0.2, -0.15) is 5.10 Å². The van der Waals surface area contributed by atoms with Crippen LogP contribution in [0.4, 0.5) is 0 Å². The highest BCUT2D eigenvalue weighted by Crippen LogP contribution is 2.18. The van der Waals surface area contributed by atoms with Crippen LogP contribution in [0.15, 0.2) is 16.9 Å². The standard InChI is InChI=1S/C14H18N2O5/c1-3-4-7-16-12(17)6-5-10(15-16)13(18)21-11-8-9(2)20-14(11)19/h5-6,9,11H,3-4,7-8H2,1-2H3/t9-,11-/m1/s1. The van der Waals surface area contributed by atoms with Gasteiger partial charge in [0.05, 0.1) is 0 Å². The molecule has 114 valence electrons. The summed E-state index contributed by atoms with van der Waals surface area (Å²) < 4.78 is 11.2. The number of aryl methyl sites for hydroxylation is 1. The van der Waals surface area contributed by atoms with Crippen LogP contribution < -0.4 is 5.56 Å². The fourth-order valence-electron chi connectivity index (χ4n) is 2.03. The van der Waals surface area contributed by atoms with E-state index in [1.807, 2.05) is 6.92 Å². The second-order valence-corrected chi connectivity index (χ2v) is 5.01. The first-order valence-electron chi connectivity index (χ1n) is 7.01. The molecule has 1 aromatic rings. The van der Waals surface area contributed by atoms with Crippen molar-refractivity contribution >= 4 is 11.9 Å². The number of cyclic esters (lactones) is 1. The van der Waals surface area contributed by atoms with E-state index in [4.69, 9.17) is 9.47 Å². The molecular weight excluding hydrogens is 276 g/mol. The highest BCUT2D eigenvalue weighted by molar-refractivity contribution is 5.89. The van der Waals surface area contributed by atoms with E-state index in [9.17, 15) is 14.4 Å². The average Bonchev–Trinajstić information content (AvgIpc) is 2.76. The Morgan fingerprint density at radius 3 is 2.86 bits per heavy atom. The molecule has 0 saturated carbocycles. The van der Waals surface area contributed by atoms with Gasteiger partial charge in [-0.05, 0) is 19.4 Å². The van der Waals surface area contributed by atoms with Gasteiger partial charge in [0.15, 0.2) is 5.69 Å². The monoisotopic (exact) mass is 294 g/mol. The molecule has 1 aliphatic rings. The molecule has 7 heteroatoms. The van der Waals surface area contributed by atoms with Crippen molar-refractivity contribution < 1.29 is 19.1 Å². The first-order chi connectivity index (χ1) is 10.0. The Labute approximate surface area is 121 Å². The van der Waals surface area contributed by atoms with Gasteiger partial charge in [0.2, 0.25) is 6.10 Å². The normalized spacial score (nSPS) is 21.1. The van der Waals surface area contributed by atoms with Crippen LogP contribution in [0.3, 0.4) is 0 Å². The number of hydrogen-bond acceptors (Lipinski definition) is 6. The van der Waals surface area contributed by atoms with Gasteiger partial charge in [-0.1, -0.05) is 13.3 Å². The highest BCUT2D eigenvalue weighted by atomic mass is 16.6. The number of rotatable bonds is 5. The van der Waals surface area contributed by atoms with Gasteiger partial charge in [-0.15, -0.1) is 0 Å². The zero-order chi connectivity index (χ0) is 15.4. The SMILES string of the molecule is CCCCn1nc(C(=O)O[C@@H]2C[C@@H](C)OC2=O)ccc1=O. The average molecular weight is 294 g/mol. The fourth-order valence-corrected chi connectivity index (χ4v) is 2.03. The van der Waals surface area contributed by atoms with Crippen molar-refractivity contribution in [1.29, 1.82) is 0 Å². The lowest BCUT2D eigenvalue weighted by atomic mass is 10.2. The van der Waals surface area contributed by atoms with Gasteiger partial charge in [0.25, 0.3) is 5.56 Å². The number of aromatic nitrogens is 2. The Hall–Kier alpha value is -2.18. The number of carbonyl (C=O) groups is 2. The molecule has 0 spiro atoms. The van der Waals surface area contributed by atoms with Gasteiger partial charge in [0, 0.05) is 19.0 Å². The molecule has 0 aromatic carbocycles. The Kier molecular flexibility index (Phi) is 4.72. The number of unbranched alkanes of at least 4 members (excludes halogenated alkanes) is 1. The Bertz CT molecular complexity index is 595. The third-order valence-corrected chi connectivity index (χ3v) is 3.17. The molecule has 0 unspecified atom stereocenters. The van der Waals surface area contributed by atoms with Crippen molar-refractivity contribution in [3.05, 3.63) is 28.2 Å². The Morgan fingerprint density at radius 1 is 1.48 bits per heavy atom. The Morgan fingerprint density at radius 2 is 2.24 bits per heavy atom. The quantitative estimate of drug-likeness (QED) is 0.750. The summed E-state index contributed by atoms with van der Waals surface area (Å²) in [6.45, 7) is 4.17. The van der Waals surface area contributed by atoms with Crippen molar-refractivity contribution in [1.82, 2.24) is 9.78 Å². The van der Waals surface area contributed by atoms with Gasteiger partial charge >= 0.3 is 11.9 Å². The minimum atomic E-state index is -0.898. The molecule has 0 N–H and O–H groups in total. The van der Waals surface area contributed by atoms with E-state index in [-0.39, 0.29) is 17.4 Å². The van der Waals surface area contributed by atoms with Crippen molar-refractivity contribution in [2.24, 2.45) is 0 Å². The maximum atomic E-state index is 12.0. The van der Waals surface area contributed by atoms with Gasteiger partial charge < -0.3 is 9.47 Å². The third-order valence-electron chi connectivity index (χ3n) is 3.17. The smallest absolute Gasteiger partial charge is 0.359 e. The van der Waals surface area contributed by atoms with E-state index < -0.39 is 18.0 Å². The second kappa shape index (κ2) is 6.51. The number of ether oxygens (including phenoxy) is 2. The van der Waals surface area contributed by atoms with Gasteiger partial charge in [-0.25, -0.2) is 14.3 Å². The minimum Gasteiger partial charge on any atom is -0.460 e. The molecule has 2 heterocycles. The summed E-state index contributed by atoms with van der Waals surface area (Å²) >= 11 is 0. The molecule has 2 atom stereocenters. The lowest BCUT2D eigenvalue weighted by Crippen LogP contribution is -2.27. The molecule has 1 aliphatic heterocycles. The second-order valence-electron chi connectivity index (χ2n) is 5.01. The van der Waals surface area contributed by atoms with Gasteiger partial charge in [-0.3, -0.25) is 4.79 Å². The van der Waals surface area contributed by atoms with E-state index >= 15 is 0 Å². The lowest BCUT2D eigenvalue weighted by molar-refractivity contribution is -0.147. The number of hydrogen-bond donors (Lipinski definition) is 0. The van der Waals surface area contributed by atoms with E-state index in [0.717, 1.165) is 12.8 Å². The molecule has 21 heavy (non-hydrogen) atoms. The van der Waals surface area contributed by atoms with Crippen LogP contribution in [-0.4, -0.2) is 33.9 Å². The summed E-state index contributed by atoms with van der Waals surface area (Å²) in [6.07, 6.45) is 0.874. The van der Waals surface area contributed by atoms with Crippen LogP contribution in [-0.2, 0) is 20.8 Å². The number of nitrogens with zero attached hydrogens (tertiary/aromatic N) is 2. The summed E-state index contributed by atoms with van der Waals surface area (Å²) in [7, 11) is 0. The van der Waals surface area contributed by atoms with Crippen molar-refractivity contribution in [2.75, 3.05) is 0 Å². The van der Waals surface area contributed by atoms with Crippen LogP contribution in [0.2, 0.25) is 0 Å². The van der Waals surface area contributed by atoms with E-state index in [1.165, 1.54) is 16.8 Å². The largest absolute Gasteiger partial charge is 0.460 e. The molecule has 7 nitrogen and oxygen atoms in total. The molecule has 1 aromatic heterocycles. The predicted molar refractivity (Wildman–Crippen MR) is 72.8 cm³/mol. The summed E-state index contributed by atoms with van der Waals surface area (Å²) in [6, 6.07) is 2.58. The first-order valence-corrected chi connectivity index (χ1v) is 7.01. The zero-order valence-corrected chi connectivity index (χ0v) is 12.1. The molecule has 2 rings (SSSR count). The predicted octanol–water partition coefficient (Wildman–Crippen LogP) is 0.904. The molecular formula is C14H18N2O5. The fraction of sp³-hybridized carbons (Fsp3) is 0.571. The van der Waals surface area contributed by atoms with Crippen LogP contribution >= 0.6 is 0 Å².